The van der Waals surface area contributed by atoms with Crippen molar-refractivity contribution in [1.82, 2.24) is 0 Å². The standard InChI is InChI=1S/C8H7F2NS/c1-12-8(11)6-3-2-5(9)4-7(6)10/h2-4,11H,1H3. The Balaban J connectivity index is 3.09. The number of nitrogens with one attached hydrogen (secondary N) is 1. The van der Waals surface area contributed by atoms with Crippen LogP contribution in [0.2, 0.25) is 0 Å². The minimum atomic E-state index is -0.686. The first-order valence-electron chi connectivity index (χ1n) is 3.23. The van der Waals surface area contributed by atoms with E-state index in [1.807, 2.05) is 0 Å². The van der Waals surface area contributed by atoms with E-state index in [1.54, 1.807) is 6.26 Å². The van der Waals surface area contributed by atoms with E-state index in [0.717, 1.165) is 23.9 Å². The van der Waals surface area contributed by atoms with Gasteiger partial charge >= 0.3 is 0 Å². The molecule has 0 spiro atoms. The zero-order valence-electron chi connectivity index (χ0n) is 6.40. The van der Waals surface area contributed by atoms with Crippen LogP contribution >= 0.6 is 11.8 Å². The van der Waals surface area contributed by atoms with Crippen LogP contribution in [0, 0.1) is 17.0 Å². The lowest BCUT2D eigenvalue weighted by molar-refractivity contribution is 0.582. The van der Waals surface area contributed by atoms with Gasteiger partial charge in [0.05, 0.1) is 5.04 Å². The molecular formula is C8H7F2NS. The summed E-state index contributed by atoms with van der Waals surface area (Å²) in [6, 6.07) is 3.19. The molecule has 0 amide bonds. The van der Waals surface area contributed by atoms with E-state index in [2.05, 4.69) is 0 Å². The van der Waals surface area contributed by atoms with Gasteiger partial charge in [0.1, 0.15) is 11.6 Å². The molecule has 0 radical (unpaired) electrons. The Morgan fingerprint density at radius 2 is 2.08 bits per heavy atom. The van der Waals surface area contributed by atoms with Crippen LogP contribution in [0.25, 0.3) is 0 Å². The molecule has 0 saturated carbocycles. The third-order valence-electron chi connectivity index (χ3n) is 1.38. The van der Waals surface area contributed by atoms with E-state index in [1.165, 1.54) is 6.07 Å². The first-order valence-corrected chi connectivity index (χ1v) is 4.45. The fraction of sp³-hybridized carbons (Fsp3) is 0.125. The highest BCUT2D eigenvalue weighted by Crippen LogP contribution is 2.14. The molecule has 12 heavy (non-hydrogen) atoms. The van der Waals surface area contributed by atoms with Crippen LogP contribution < -0.4 is 0 Å². The summed E-state index contributed by atoms with van der Waals surface area (Å²) in [7, 11) is 0. The van der Waals surface area contributed by atoms with Crippen LogP contribution in [0.3, 0.4) is 0 Å². The maximum Gasteiger partial charge on any atom is 0.136 e. The molecule has 1 nitrogen and oxygen atoms in total. The molecule has 0 atom stereocenters. The Morgan fingerprint density at radius 3 is 2.58 bits per heavy atom. The van der Waals surface area contributed by atoms with Crippen LogP contribution in [-0.2, 0) is 0 Å². The molecule has 1 aromatic rings. The zero-order chi connectivity index (χ0) is 9.14. The molecule has 0 aliphatic rings. The summed E-state index contributed by atoms with van der Waals surface area (Å²) in [5.74, 6) is -1.31. The summed E-state index contributed by atoms with van der Waals surface area (Å²) < 4.78 is 25.3. The van der Waals surface area contributed by atoms with E-state index in [0.29, 0.717) is 0 Å². The molecule has 0 heterocycles. The molecule has 0 fully saturated rings. The average molecular weight is 187 g/mol. The van der Waals surface area contributed by atoms with Crippen molar-refractivity contribution in [1.29, 1.82) is 5.41 Å². The van der Waals surface area contributed by atoms with E-state index in [4.69, 9.17) is 5.41 Å². The van der Waals surface area contributed by atoms with Crippen molar-refractivity contribution in [3.05, 3.63) is 35.4 Å². The molecular weight excluding hydrogens is 180 g/mol. The molecule has 0 bridgehead atoms. The zero-order valence-corrected chi connectivity index (χ0v) is 7.21. The molecule has 0 unspecified atom stereocenters. The number of benzene rings is 1. The van der Waals surface area contributed by atoms with Gasteiger partial charge < -0.3 is 0 Å². The van der Waals surface area contributed by atoms with E-state index < -0.39 is 11.6 Å². The molecule has 0 aliphatic carbocycles. The van der Waals surface area contributed by atoms with Crippen LogP contribution in [0.15, 0.2) is 18.2 Å². The van der Waals surface area contributed by atoms with Gasteiger partial charge in [0.25, 0.3) is 0 Å². The van der Waals surface area contributed by atoms with Crippen molar-refractivity contribution >= 4 is 16.8 Å². The van der Waals surface area contributed by atoms with Gasteiger partial charge in [0, 0.05) is 11.6 Å². The second-order valence-corrected chi connectivity index (χ2v) is 2.97. The maximum absolute atomic E-state index is 12.9. The predicted molar refractivity (Wildman–Crippen MR) is 46.7 cm³/mol. The van der Waals surface area contributed by atoms with Gasteiger partial charge in [0.2, 0.25) is 0 Å². The summed E-state index contributed by atoms with van der Waals surface area (Å²) in [6.07, 6.45) is 1.67. The van der Waals surface area contributed by atoms with Crippen LogP contribution in [-0.4, -0.2) is 11.3 Å². The molecule has 0 aromatic heterocycles. The highest BCUT2D eigenvalue weighted by Gasteiger charge is 2.07. The lowest BCUT2D eigenvalue weighted by Crippen LogP contribution is -1.97. The number of hydrogen-bond acceptors (Lipinski definition) is 2. The minimum Gasteiger partial charge on any atom is -0.293 e. The Morgan fingerprint density at radius 1 is 1.42 bits per heavy atom. The number of thioether (sulfide) groups is 1. The summed E-state index contributed by atoms with van der Waals surface area (Å²) >= 11 is 1.12. The molecule has 64 valence electrons. The van der Waals surface area contributed by atoms with Crippen molar-refractivity contribution in [2.45, 2.75) is 0 Å². The first-order chi connectivity index (χ1) is 5.65. The Bertz CT molecular complexity index is 312. The lowest BCUT2D eigenvalue weighted by Gasteiger charge is -2.01. The molecule has 4 heteroatoms. The van der Waals surface area contributed by atoms with Crippen molar-refractivity contribution in [3.63, 3.8) is 0 Å². The number of rotatable bonds is 1. The third kappa shape index (κ3) is 1.82. The van der Waals surface area contributed by atoms with Gasteiger partial charge in [-0.1, -0.05) is 0 Å². The number of hydrogen-bond donors (Lipinski definition) is 1. The van der Waals surface area contributed by atoms with Crippen molar-refractivity contribution < 1.29 is 8.78 Å². The molecule has 0 aliphatic heterocycles. The van der Waals surface area contributed by atoms with Gasteiger partial charge in [-0.05, 0) is 18.4 Å². The minimum absolute atomic E-state index is 0.104. The van der Waals surface area contributed by atoms with Crippen LogP contribution in [0.4, 0.5) is 8.78 Å². The van der Waals surface area contributed by atoms with Gasteiger partial charge in [-0.3, -0.25) is 5.41 Å². The quantitative estimate of drug-likeness (QED) is 0.530. The second kappa shape index (κ2) is 3.67. The highest BCUT2D eigenvalue weighted by molar-refractivity contribution is 8.13. The van der Waals surface area contributed by atoms with E-state index in [9.17, 15) is 8.78 Å². The van der Waals surface area contributed by atoms with E-state index >= 15 is 0 Å². The van der Waals surface area contributed by atoms with Crippen LogP contribution in [0.1, 0.15) is 5.56 Å². The monoisotopic (exact) mass is 187 g/mol. The summed E-state index contributed by atoms with van der Waals surface area (Å²) in [5.41, 5.74) is 0.143. The van der Waals surface area contributed by atoms with Crippen molar-refractivity contribution in [2.75, 3.05) is 6.26 Å². The Kier molecular flexibility index (Phi) is 2.81. The molecule has 1 rings (SSSR count). The average Bonchev–Trinajstić information content (AvgIpc) is 2.03. The summed E-state index contributed by atoms with van der Waals surface area (Å²) in [6.45, 7) is 0. The van der Waals surface area contributed by atoms with Crippen LogP contribution in [0.5, 0.6) is 0 Å². The normalized spacial score (nSPS) is 9.92. The SMILES string of the molecule is CSC(=N)c1ccc(F)cc1F. The molecule has 1 N–H and O–H groups in total. The van der Waals surface area contributed by atoms with Gasteiger partial charge in [-0.2, -0.15) is 0 Å². The van der Waals surface area contributed by atoms with Crippen molar-refractivity contribution in [2.24, 2.45) is 0 Å². The Labute approximate surface area is 73.3 Å². The summed E-state index contributed by atoms with van der Waals surface area (Å²) in [4.78, 5) is 0. The van der Waals surface area contributed by atoms with Gasteiger partial charge in [-0.15, -0.1) is 11.8 Å². The van der Waals surface area contributed by atoms with Gasteiger partial charge in [-0.25, -0.2) is 8.78 Å². The topological polar surface area (TPSA) is 23.9 Å². The maximum atomic E-state index is 12.9. The molecule has 0 saturated heterocycles. The third-order valence-corrected chi connectivity index (χ3v) is 2.01. The number of halogens is 2. The smallest absolute Gasteiger partial charge is 0.136 e. The van der Waals surface area contributed by atoms with Gasteiger partial charge in [0.15, 0.2) is 0 Å². The fourth-order valence-corrected chi connectivity index (χ4v) is 1.17. The largest absolute Gasteiger partial charge is 0.293 e. The van der Waals surface area contributed by atoms with E-state index in [-0.39, 0.29) is 10.6 Å². The Hall–Kier alpha value is -0.900. The highest BCUT2D eigenvalue weighted by atomic mass is 32.2. The fourth-order valence-electron chi connectivity index (χ4n) is 0.784. The second-order valence-electron chi connectivity index (χ2n) is 2.16. The summed E-state index contributed by atoms with van der Waals surface area (Å²) in [5, 5.41) is 7.39. The predicted octanol–water partition coefficient (Wildman–Crippen LogP) is 2.65. The molecule has 1 aromatic carbocycles. The first kappa shape index (κ1) is 9.19. The van der Waals surface area contributed by atoms with Crippen molar-refractivity contribution in [3.8, 4) is 0 Å². The lowest BCUT2D eigenvalue weighted by atomic mass is 10.2.